The molecule has 0 radical (unpaired) electrons. The topological polar surface area (TPSA) is 136 Å². The summed E-state index contributed by atoms with van der Waals surface area (Å²) in [6, 6.07) is -1.92. The highest BCUT2D eigenvalue weighted by Crippen LogP contribution is 2.10. The lowest BCUT2D eigenvalue weighted by Crippen LogP contribution is -2.59. The van der Waals surface area contributed by atoms with E-state index in [1.165, 1.54) is 20.8 Å². The van der Waals surface area contributed by atoms with Crippen molar-refractivity contribution in [3.63, 3.8) is 0 Å². The Morgan fingerprint density at radius 3 is 1.82 bits per heavy atom. The fraction of sp³-hybridized carbons (Fsp3) is 0.900. The third kappa shape index (κ3) is 4.97. The minimum Gasteiger partial charge on any atom is -0.391 e. The normalized spacial score (nSPS) is 22.1. The van der Waals surface area contributed by atoms with Gasteiger partial charge in [-0.15, -0.1) is 0 Å². The predicted molar refractivity (Wildman–Crippen MR) is 61.0 cm³/mol. The maximum atomic E-state index is 11.0. The predicted octanol–water partition coefficient (Wildman–Crippen LogP) is -2.70. The number of rotatable bonds is 6. The van der Waals surface area contributed by atoms with Gasteiger partial charge < -0.3 is 31.5 Å². The molecular weight excluding hydrogens is 228 g/mol. The van der Waals surface area contributed by atoms with Gasteiger partial charge in [-0.25, -0.2) is 0 Å². The van der Waals surface area contributed by atoms with Crippen LogP contribution < -0.4 is 11.1 Å². The van der Waals surface area contributed by atoms with E-state index in [1.807, 2.05) is 0 Å². The van der Waals surface area contributed by atoms with Crippen LogP contribution in [0.1, 0.15) is 20.8 Å². The summed E-state index contributed by atoms with van der Waals surface area (Å²) < 4.78 is 0. The average molecular weight is 250 g/mol. The van der Waals surface area contributed by atoms with Crippen LogP contribution in [0.15, 0.2) is 0 Å². The van der Waals surface area contributed by atoms with E-state index >= 15 is 0 Å². The van der Waals surface area contributed by atoms with Gasteiger partial charge in [0.2, 0.25) is 5.91 Å². The zero-order valence-corrected chi connectivity index (χ0v) is 10.2. The Morgan fingerprint density at radius 2 is 1.53 bits per heavy atom. The lowest BCUT2D eigenvalue weighted by Gasteiger charge is -2.33. The van der Waals surface area contributed by atoms with E-state index in [0.717, 1.165) is 0 Å². The first-order chi connectivity index (χ1) is 7.68. The molecule has 102 valence electrons. The van der Waals surface area contributed by atoms with Crippen molar-refractivity contribution in [3.8, 4) is 0 Å². The zero-order chi connectivity index (χ0) is 13.7. The Bertz CT molecular complexity index is 247. The average Bonchev–Trinajstić information content (AvgIpc) is 2.22. The van der Waals surface area contributed by atoms with E-state index in [2.05, 4.69) is 5.32 Å². The van der Waals surface area contributed by atoms with Gasteiger partial charge in [-0.3, -0.25) is 4.79 Å². The molecule has 0 aromatic rings. The van der Waals surface area contributed by atoms with Crippen LogP contribution in [0.2, 0.25) is 0 Å². The summed E-state index contributed by atoms with van der Waals surface area (Å²) >= 11 is 0. The summed E-state index contributed by atoms with van der Waals surface area (Å²) in [5, 5.41) is 40.6. The van der Waals surface area contributed by atoms with Gasteiger partial charge in [0.25, 0.3) is 0 Å². The minimum atomic E-state index is -1.47. The second-order valence-corrected chi connectivity index (χ2v) is 4.30. The van der Waals surface area contributed by atoms with Crippen molar-refractivity contribution in [1.29, 1.82) is 0 Å². The summed E-state index contributed by atoms with van der Waals surface area (Å²) in [6.45, 7) is 3.99. The number of nitrogens with two attached hydrogens (primary N) is 1. The van der Waals surface area contributed by atoms with Gasteiger partial charge >= 0.3 is 0 Å². The van der Waals surface area contributed by atoms with Crippen molar-refractivity contribution >= 4 is 5.91 Å². The first-order valence-electron chi connectivity index (χ1n) is 5.43. The number of carbonyl (C=O) groups excluding carboxylic acids is 1. The molecule has 0 spiro atoms. The first-order valence-corrected chi connectivity index (χ1v) is 5.43. The lowest BCUT2D eigenvalue weighted by molar-refractivity contribution is -0.125. The summed E-state index contributed by atoms with van der Waals surface area (Å²) in [4.78, 5) is 11.0. The standard InChI is InChI=1S/C10H22N2O5/c1-4(11)8(15)10(17)7(12-6(3)14)9(16)5(2)13/h4-5,7-10,13,15-17H,11H2,1-3H3,(H,12,14). The Morgan fingerprint density at radius 1 is 1.06 bits per heavy atom. The second-order valence-electron chi connectivity index (χ2n) is 4.30. The number of aliphatic hydroxyl groups excluding tert-OH is 4. The first kappa shape index (κ1) is 16.3. The monoisotopic (exact) mass is 250 g/mol. The minimum absolute atomic E-state index is 0.495. The Kier molecular flexibility index (Phi) is 6.58. The molecular formula is C10H22N2O5. The van der Waals surface area contributed by atoms with Gasteiger partial charge in [-0.2, -0.15) is 0 Å². The number of carbonyl (C=O) groups is 1. The number of hydrogen-bond donors (Lipinski definition) is 6. The molecule has 0 saturated carbocycles. The Hall–Kier alpha value is -0.730. The smallest absolute Gasteiger partial charge is 0.217 e. The molecule has 0 aromatic heterocycles. The fourth-order valence-electron chi connectivity index (χ4n) is 1.43. The lowest BCUT2D eigenvalue weighted by atomic mass is 9.94. The van der Waals surface area contributed by atoms with Crippen LogP contribution in [0.5, 0.6) is 0 Å². The van der Waals surface area contributed by atoms with Crippen LogP contribution in [-0.4, -0.2) is 62.8 Å². The number of aliphatic hydroxyl groups is 4. The molecule has 0 aliphatic rings. The van der Waals surface area contributed by atoms with Gasteiger partial charge in [0.1, 0.15) is 12.2 Å². The largest absolute Gasteiger partial charge is 0.391 e. The van der Waals surface area contributed by atoms with E-state index in [-0.39, 0.29) is 0 Å². The maximum absolute atomic E-state index is 11.0. The maximum Gasteiger partial charge on any atom is 0.217 e. The number of nitrogens with one attached hydrogen (secondary N) is 1. The third-order valence-corrected chi connectivity index (χ3v) is 2.49. The molecule has 0 bridgehead atoms. The highest BCUT2D eigenvalue weighted by Gasteiger charge is 2.36. The SMILES string of the molecule is CC(=O)NC(C(O)C(C)O)C(O)C(O)C(C)N. The molecule has 6 unspecified atom stereocenters. The molecule has 0 saturated heterocycles. The van der Waals surface area contributed by atoms with E-state index in [4.69, 9.17) is 5.73 Å². The van der Waals surface area contributed by atoms with Crippen molar-refractivity contribution in [2.75, 3.05) is 0 Å². The van der Waals surface area contributed by atoms with Crippen LogP contribution >= 0.6 is 0 Å². The van der Waals surface area contributed by atoms with Crippen molar-refractivity contribution in [2.45, 2.75) is 57.3 Å². The van der Waals surface area contributed by atoms with Gasteiger partial charge in [0.15, 0.2) is 0 Å². The fourth-order valence-corrected chi connectivity index (χ4v) is 1.43. The number of amides is 1. The molecule has 6 atom stereocenters. The van der Waals surface area contributed by atoms with Gasteiger partial charge in [-0.05, 0) is 13.8 Å². The molecule has 0 aromatic carbocycles. The molecule has 0 aliphatic heterocycles. The molecule has 7 N–H and O–H groups in total. The van der Waals surface area contributed by atoms with E-state index in [0.29, 0.717) is 0 Å². The molecule has 0 heterocycles. The molecule has 0 fully saturated rings. The van der Waals surface area contributed by atoms with E-state index in [1.54, 1.807) is 0 Å². The van der Waals surface area contributed by atoms with Crippen LogP contribution in [0.25, 0.3) is 0 Å². The van der Waals surface area contributed by atoms with Crippen molar-refractivity contribution < 1.29 is 25.2 Å². The molecule has 17 heavy (non-hydrogen) atoms. The van der Waals surface area contributed by atoms with Crippen molar-refractivity contribution in [2.24, 2.45) is 5.73 Å². The van der Waals surface area contributed by atoms with Crippen LogP contribution in [0.3, 0.4) is 0 Å². The molecule has 7 nitrogen and oxygen atoms in total. The van der Waals surface area contributed by atoms with Crippen LogP contribution in [-0.2, 0) is 4.79 Å². The quantitative estimate of drug-likeness (QED) is 0.303. The second kappa shape index (κ2) is 6.87. The third-order valence-electron chi connectivity index (χ3n) is 2.49. The summed E-state index contributed by atoms with van der Waals surface area (Å²) in [7, 11) is 0. The Balaban J connectivity index is 4.84. The summed E-state index contributed by atoms with van der Waals surface area (Å²) in [6.07, 6.45) is -5.35. The molecule has 7 heteroatoms. The van der Waals surface area contributed by atoms with Gasteiger partial charge in [-0.1, -0.05) is 0 Å². The molecule has 0 aliphatic carbocycles. The molecule has 1 amide bonds. The van der Waals surface area contributed by atoms with Crippen LogP contribution in [0.4, 0.5) is 0 Å². The van der Waals surface area contributed by atoms with E-state index in [9.17, 15) is 25.2 Å². The highest BCUT2D eigenvalue weighted by atomic mass is 16.3. The summed E-state index contributed by atoms with van der Waals surface area (Å²) in [5.74, 6) is -0.495. The van der Waals surface area contributed by atoms with Crippen molar-refractivity contribution in [3.05, 3.63) is 0 Å². The molecule has 0 rings (SSSR count). The van der Waals surface area contributed by atoms with Crippen LogP contribution in [0, 0.1) is 0 Å². The Labute approximate surface area is 100 Å². The van der Waals surface area contributed by atoms with Crippen molar-refractivity contribution in [1.82, 2.24) is 5.32 Å². The van der Waals surface area contributed by atoms with Gasteiger partial charge in [0, 0.05) is 13.0 Å². The number of hydrogen-bond acceptors (Lipinski definition) is 6. The van der Waals surface area contributed by atoms with E-state index < -0.39 is 42.4 Å². The highest BCUT2D eigenvalue weighted by molar-refractivity contribution is 5.73. The van der Waals surface area contributed by atoms with Gasteiger partial charge in [0.05, 0.1) is 18.2 Å². The summed E-state index contributed by atoms with van der Waals surface area (Å²) in [5.41, 5.74) is 5.41. The zero-order valence-electron chi connectivity index (χ0n) is 10.2.